The van der Waals surface area contributed by atoms with Crippen molar-refractivity contribution in [2.45, 2.75) is 220 Å². The Kier molecular flexibility index (Phi) is 23.3. The van der Waals surface area contributed by atoms with Gasteiger partial charge in [-0.05, 0) is 280 Å². The van der Waals surface area contributed by atoms with Crippen molar-refractivity contribution in [3.8, 4) is 11.5 Å². The molecule has 2 spiro atoms. The number of halogens is 2. The van der Waals surface area contributed by atoms with Gasteiger partial charge in [0.2, 0.25) is 0 Å². The molecule has 2 N–H and O–H groups in total. The maximum atomic E-state index is 14.2. The Hall–Kier alpha value is -4.60. The number of fused-ring (bicyclic) bond motifs is 10. The summed E-state index contributed by atoms with van der Waals surface area (Å²) in [5.41, 5.74) is 7.27. The lowest BCUT2D eigenvalue weighted by Gasteiger charge is -2.54. The molecular formula is C87H124Cl2N8O8S2. The first kappa shape index (κ1) is 77.7. The molecular weight excluding hydrogens is 1420 g/mol. The molecule has 6 fully saturated rings. The van der Waals surface area contributed by atoms with Gasteiger partial charge >= 0.3 is 0 Å². The molecule has 4 aliphatic carbocycles. The van der Waals surface area contributed by atoms with E-state index >= 15 is 0 Å². The van der Waals surface area contributed by atoms with E-state index in [9.17, 15) is 18.0 Å². The number of nitrogens with zero attached hydrogens (tertiary/aromatic N) is 6. The van der Waals surface area contributed by atoms with Crippen LogP contribution in [0.15, 0.2) is 72.8 Å². The summed E-state index contributed by atoms with van der Waals surface area (Å²) in [7, 11) is -3.86. The molecule has 586 valence electrons. The van der Waals surface area contributed by atoms with Crippen LogP contribution < -0.4 is 28.7 Å². The van der Waals surface area contributed by atoms with Crippen LogP contribution in [0, 0.1) is 35.5 Å². The Balaban J connectivity index is 0.000000171. The van der Waals surface area contributed by atoms with E-state index in [2.05, 4.69) is 95.6 Å². The van der Waals surface area contributed by atoms with E-state index in [0.29, 0.717) is 66.7 Å². The van der Waals surface area contributed by atoms with Gasteiger partial charge in [0.15, 0.2) is 0 Å². The number of carbonyl (C=O) groups excluding carboxylic acids is 2. The van der Waals surface area contributed by atoms with Crippen LogP contribution in [0.25, 0.3) is 0 Å². The number of methoxy groups -OCH3 is 1. The number of hydrogen-bond acceptors (Lipinski definition) is 14. The molecule has 8 heterocycles. The van der Waals surface area contributed by atoms with Crippen LogP contribution in [-0.2, 0) is 52.6 Å². The molecule has 2 amide bonds. The largest absolute Gasteiger partial charge is 0.490 e. The lowest BCUT2D eigenvalue weighted by molar-refractivity contribution is -0.151. The first-order valence-corrected chi connectivity index (χ1v) is 45.9. The van der Waals surface area contributed by atoms with Gasteiger partial charge < -0.3 is 28.7 Å². The SMILES string of the molecule is C=S1(=O)NC(=O)c2ccc3c(c2)N(C[C@@H]2CC[C@H]2[C@@](CN2CCN4CCCC[C@@H]4C2)(OC)CCC[C@H](C)[C@H]1C)C[C@@]1(CCCc2cc(Cl)ccc21)CO3.C=S1(=O)NC(=O)c2ccc3c(c2)N(C[C@@H]2CC[C@H]2[C@](CN2CCN4CCCC[C@@H]4C2)(OCC)CCC[C@H](C)[C@H]1C)C[C@@]1(CCCc2cc(Cl)ccc21)CO3. The molecule has 107 heavy (non-hydrogen) atoms. The van der Waals surface area contributed by atoms with Crippen molar-refractivity contribution in [3.63, 3.8) is 0 Å². The van der Waals surface area contributed by atoms with Crippen molar-refractivity contribution in [2.75, 3.05) is 128 Å². The van der Waals surface area contributed by atoms with Crippen molar-refractivity contribution < 1.29 is 37.0 Å². The number of benzene rings is 4. The second kappa shape index (κ2) is 32.1. The number of nitrogens with one attached hydrogen (secondary N) is 2. The zero-order valence-electron chi connectivity index (χ0n) is 65.2. The number of ether oxygens (including phenoxy) is 4. The molecule has 4 saturated heterocycles. The molecule has 4 aromatic rings. The first-order chi connectivity index (χ1) is 51.5. The van der Waals surface area contributed by atoms with Crippen molar-refractivity contribution in [3.05, 3.63) is 116 Å². The van der Waals surface area contributed by atoms with Gasteiger partial charge in [-0.15, -0.1) is 0 Å². The van der Waals surface area contributed by atoms with Gasteiger partial charge in [-0.3, -0.25) is 38.6 Å². The number of piperidine rings is 2. The second-order valence-corrected chi connectivity index (χ2v) is 41.2. The van der Waals surface area contributed by atoms with E-state index < -0.39 is 19.4 Å². The molecule has 0 aromatic heterocycles. The highest BCUT2D eigenvalue weighted by Crippen LogP contribution is 2.54. The highest BCUT2D eigenvalue weighted by atomic mass is 35.5. The van der Waals surface area contributed by atoms with Gasteiger partial charge in [0, 0.05) is 147 Å². The van der Waals surface area contributed by atoms with Gasteiger partial charge in [-0.25, -0.2) is 8.42 Å². The molecule has 0 radical (unpaired) electrons. The average molecular weight is 1550 g/mol. The summed E-state index contributed by atoms with van der Waals surface area (Å²) in [4.78, 5) is 43.7. The number of hydrogen-bond donors (Lipinski definition) is 2. The maximum Gasteiger partial charge on any atom is 0.262 e. The van der Waals surface area contributed by atoms with Crippen LogP contribution >= 0.6 is 23.2 Å². The zero-order chi connectivity index (χ0) is 74.6. The third-order valence-corrected chi connectivity index (χ3v) is 34.1. The van der Waals surface area contributed by atoms with Gasteiger partial charge in [-0.2, -0.15) is 0 Å². The van der Waals surface area contributed by atoms with Crippen LogP contribution in [-0.4, -0.2) is 204 Å². The summed E-state index contributed by atoms with van der Waals surface area (Å²) in [6, 6.07) is 25.6. The predicted molar refractivity (Wildman–Crippen MR) is 439 cm³/mol. The van der Waals surface area contributed by atoms with E-state index in [0.717, 1.165) is 201 Å². The molecule has 16 atom stereocenters. The number of anilines is 2. The summed E-state index contributed by atoms with van der Waals surface area (Å²) in [5, 5.41) is 1.02. The fourth-order valence-corrected chi connectivity index (χ4v) is 25.8. The number of aryl methyl sites for hydroxylation is 2. The first-order valence-electron chi connectivity index (χ1n) is 41.6. The number of piperazine rings is 2. The normalized spacial score (nSPS) is 36.7. The number of amides is 2. The van der Waals surface area contributed by atoms with E-state index in [1.54, 1.807) is 0 Å². The molecule has 4 bridgehead atoms. The molecule has 12 aliphatic rings. The van der Waals surface area contributed by atoms with Gasteiger partial charge in [0.1, 0.15) is 11.5 Å². The number of carbonyl (C=O) groups is 2. The van der Waals surface area contributed by atoms with Crippen molar-refractivity contribution in [1.82, 2.24) is 29.0 Å². The summed E-state index contributed by atoms with van der Waals surface area (Å²) in [6.45, 7) is 26.9. The Morgan fingerprint density at radius 2 is 0.981 bits per heavy atom. The molecule has 16 rings (SSSR count). The van der Waals surface area contributed by atoms with Crippen LogP contribution in [0.5, 0.6) is 11.5 Å². The van der Waals surface area contributed by atoms with E-state index in [-0.39, 0.29) is 56.2 Å². The third-order valence-electron chi connectivity index (χ3n) is 29.2. The molecule has 20 heteroatoms. The van der Waals surface area contributed by atoms with Gasteiger partial charge in [0.05, 0.1) is 55.2 Å². The minimum Gasteiger partial charge on any atom is -0.490 e. The lowest BCUT2D eigenvalue weighted by atomic mass is 9.62. The summed E-state index contributed by atoms with van der Waals surface area (Å²) in [6.07, 6.45) is 24.6. The Bertz CT molecular complexity index is 4110. The molecule has 2 saturated carbocycles. The minimum atomic E-state index is -2.92. The van der Waals surface area contributed by atoms with Crippen LogP contribution in [0.2, 0.25) is 10.0 Å². The molecule has 8 aliphatic heterocycles. The van der Waals surface area contributed by atoms with Crippen molar-refractivity contribution >= 4 is 77.5 Å². The summed E-state index contributed by atoms with van der Waals surface area (Å²) in [5.74, 6) is 11.2. The maximum absolute atomic E-state index is 14.2. The van der Waals surface area contributed by atoms with Gasteiger partial charge in [0.25, 0.3) is 11.8 Å². The Morgan fingerprint density at radius 3 is 1.43 bits per heavy atom. The van der Waals surface area contributed by atoms with Gasteiger partial charge in [-0.1, -0.05) is 74.9 Å². The zero-order valence-corrected chi connectivity index (χ0v) is 68.4. The summed E-state index contributed by atoms with van der Waals surface area (Å²) >= 11 is 13.1. The van der Waals surface area contributed by atoms with Crippen LogP contribution in [0.1, 0.15) is 206 Å². The fraction of sp³-hybridized carbons (Fsp3) is 0.678. The quantitative estimate of drug-likeness (QED) is 0.169. The predicted octanol–water partition coefficient (Wildman–Crippen LogP) is 14.3. The smallest absolute Gasteiger partial charge is 0.262 e. The van der Waals surface area contributed by atoms with E-state index in [4.69, 9.17) is 42.1 Å². The Labute approximate surface area is 651 Å². The topological polar surface area (TPSA) is 149 Å². The minimum absolute atomic E-state index is 0.130. The third kappa shape index (κ3) is 16.0. The molecule has 2 unspecified atom stereocenters. The van der Waals surface area contributed by atoms with E-state index in [1.165, 1.54) is 86.7 Å². The molecule has 16 nitrogen and oxygen atoms in total. The van der Waals surface area contributed by atoms with E-state index in [1.807, 2.05) is 69.5 Å². The highest BCUT2D eigenvalue weighted by molar-refractivity contribution is 7.99. The van der Waals surface area contributed by atoms with Crippen molar-refractivity contribution in [2.24, 2.45) is 35.5 Å². The fourth-order valence-electron chi connectivity index (χ4n) is 22.4. The van der Waals surface area contributed by atoms with Crippen molar-refractivity contribution in [1.29, 1.82) is 0 Å². The average Bonchev–Trinajstić information content (AvgIpc) is 1.74. The van der Waals surface area contributed by atoms with Crippen LogP contribution in [0.4, 0.5) is 11.4 Å². The second-order valence-electron chi connectivity index (χ2n) is 35.5. The monoisotopic (exact) mass is 1540 g/mol. The Morgan fingerprint density at radius 1 is 0.523 bits per heavy atom. The van der Waals surface area contributed by atoms with Crippen LogP contribution in [0.3, 0.4) is 0 Å². The molecule has 4 aromatic carbocycles. The lowest BCUT2D eigenvalue weighted by Crippen LogP contribution is -2.62. The standard InChI is InChI=1S/C44H63ClN4O4S.C43H61ClN4O4S/c1-5-53-44(29-47-22-23-48-21-7-6-12-37(48)27-47)20-8-10-31(2)32(3)54(4,51)46-42(50)34-14-18-41-40(25-34)49(26-35-13-16-39(35)44)28-43(30-52-41)19-9-11-33-24-36(45)15-17-38(33)43;1-30-9-7-19-43(51-3,28-46-21-22-47-20-6-5-11-36(47)26-46)38-15-12-34(38)25-48-27-42(18-8-10-32-23-35(44)14-16-37(32)42)29-52-40-17-13-33(24-39(40)48)41(49)45-53(4,50)31(30)2/h14-15,17-18,24-25,31-32,35,37,39H,4-13,16,19-23,26-30H2,1-3H3,(H,46,50,51);13-14,16-17,23-24,30-31,34,36,38H,4-12,15,18-22,25-29H2,1-3H3,(H,45,49,50)/t31-,32+,35-,37+,39+,43-,44-,54?;30-,31+,34-,36+,38+,42-,43+,53?/m00/s1. The summed E-state index contributed by atoms with van der Waals surface area (Å²) < 4.78 is 61.7. The number of rotatable bonds is 7. The highest BCUT2D eigenvalue weighted by Gasteiger charge is 2.54.